The van der Waals surface area contributed by atoms with Crippen LogP contribution in [-0.4, -0.2) is 26.0 Å². The van der Waals surface area contributed by atoms with Crippen LogP contribution in [0.1, 0.15) is 48.5 Å². The molecule has 19 heavy (non-hydrogen) atoms. The molecule has 0 aliphatic carbocycles. The number of carbonyl (C=O) groups is 2. The van der Waals surface area contributed by atoms with Gasteiger partial charge in [0.15, 0.2) is 5.78 Å². The molecule has 4 heteroatoms. The zero-order chi connectivity index (χ0) is 14.4. The monoisotopic (exact) mass is 264 g/mol. The molecule has 0 aliphatic rings. The van der Waals surface area contributed by atoms with E-state index in [0.29, 0.717) is 17.2 Å². The van der Waals surface area contributed by atoms with E-state index in [1.54, 1.807) is 6.07 Å². The van der Waals surface area contributed by atoms with Crippen molar-refractivity contribution in [2.75, 3.05) is 14.2 Å². The Morgan fingerprint density at radius 3 is 2.37 bits per heavy atom. The molecular weight excluding hydrogens is 244 g/mol. The Morgan fingerprint density at radius 1 is 1.16 bits per heavy atom. The van der Waals surface area contributed by atoms with Gasteiger partial charge in [-0.05, 0) is 23.6 Å². The second-order valence-electron chi connectivity index (χ2n) is 4.61. The lowest BCUT2D eigenvalue weighted by Gasteiger charge is -2.11. The van der Waals surface area contributed by atoms with Gasteiger partial charge in [-0.3, -0.25) is 9.59 Å². The second-order valence-corrected chi connectivity index (χ2v) is 4.61. The molecule has 0 unspecified atom stereocenters. The third-order valence-corrected chi connectivity index (χ3v) is 2.98. The summed E-state index contributed by atoms with van der Waals surface area (Å²) in [5.41, 5.74) is 1.62. The van der Waals surface area contributed by atoms with Gasteiger partial charge in [-0.25, -0.2) is 0 Å². The van der Waals surface area contributed by atoms with Gasteiger partial charge >= 0.3 is 5.97 Å². The highest BCUT2D eigenvalue weighted by atomic mass is 16.5. The smallest absolute Gasteiger partial charge is 0.305 e. The molecule has 0 aromatic heterocycles. The molecule has 0 amide bonds. The Hall–Kier alpha value is -1.84. The summed E-state index contributed by atoms with van der Waals surface area (Å²) in [4.78, 5) is 23.1. The molecule has 0 saturated heterocycles. The molecule has 0 radical (unpaired) electrons. The summed E-state index contributed by atoms with van der Waals surface area (Å²) in [5.74, 6) is 0.429. The van der Waals surface area contributed by atoms with E-state index in [-0.39, 0.29) is 24.6 Å². The van der Waals surface area contributed by atoms with Gasteiger partial charge in [0, 0.05) is 6.42 Å². The number of hydrogen-bond acceptors (Lipinski definition) is 4. The molecule has 0 fully saturated rings. The number of ketones is 1. The first kappa shape index (κ1) is 15.2. The van der Waals surface area contributed by atoms with Gasteiger partial charge in [-0.2, -0.15) is 0 Å². The molecule has 0 spiro atoms. The van der Waals surface area contributed by atoms with Gasteiger partial charge in [-0.1, -0.05) is 19.9 Å². The van der Waals surface area contributed by atoms with Gasteiger partial charge < -0.3 is 9.47 Å². The van der Waals surface area contributed by atoms with Crippen LogP contribution in [0.5, 0.6) is 5.75 Å². The molecule has 0 atom stereocenters. The Kier molecular flexibility index (Phi) is 5.55. The van der Waals surface area contributed by atoms with E-state index in [9.17, 15) is 9.59 Å². The van der Waals surface area contributed by atoms with E-state index < -0.39 is 0 Å². The maximum absolute atomic E-state index is 12.0. The van der Waals surface area contributed by atoms with E-state index in [1.807, 2.05) is 12.1 Å². The normalized spacial score (nSPS) is 10.4. The average Bonchev–Trinajstić information content (AvgIpc) is 2.43. The first-order valence-corrected chi connectivity index (χ1v) is 6.27. The Morgan fingerprint density at radius 2 is 1.84 bits per heavy atom. The first-order valence-electron chi connectivity index (χ1n) is 6.27. The molecule has 0 saturated carbocycles. The first-order chi connectivity index (χ1) is 8.99. The maximum atomic E-state index is 12.0. The van der Waals surface area contributed by atoms with Crippen molar-refractivity contribution in [1.29, 1.82) is 0 Å². The lowest BCUT2D eigenvalue weighted by atomic mass is 9.98. The van der Waals surface area contributed by atoms with Crippen LogP contribution >= 0.6 is 0 Å². The molecule has 0 bridgehead atoms. The summed E-state index contributed by atoms with van der Waals surface area (Å²) in [6.07, 6.45) is 0.217. The Balaban J connectivity index is 2.87. The van der Waals surface area contributed by atoms with E-state index in [4.69, 9.17) is 4.74 Å². The third-order valence-electron chi connectivity index (χ3n) is 2.98. The number of methoxy groups -OCH3 is 2. The largest absolute Gasteiger partial charge is 0.496 e. The Bertz CT molecular complexity index is 463. The lowest BCUT2D eigenvalue weighted by Crippen LogP contribution is -2.07. The van der Waals surface area contributed by atoms with Crippen LogP contribution in [-0.2, 0) is 9.53 Å². The fraction of sp³-hybridized carbons (Fsp3) is 0.467. The van der Waals surface area contributed by atoms with E-state index in [1.165, 1.54) is 14.2 Å². The van der Waals surface area contributed by atoms with Gasteiger partial charge in [0.25, 0.3) is 0 Å². The summed E-state index contributed by atoms with van der Waals surface area (Å²) >= 11 is 0. The lowest BCUT2D eigenvalue weighted by molar-refractivity contribution is -0.140. The quantitative estimate of drug-likeness (QED) is 0.585. The standard InChI is InChI=1S/C15H20O4/c1-10(2)11-5-6-12(14(9-11)18-3)13(16)7-8-15(17)19-4/h5-6,9-10H,7-8H2,1-4H3. The molecule has 0 heterocycles. The van der Waals surface area contributed by atoms with Crippen LogP contribution < -0.4 is 4.74 Å². The summed E-state index contributed by atoms with van der Waals surface area (Å²) in [5, 5.41) is 0. The second kappa shape index (κ2) is 6.92. The molecule has 104 valence electrons. The number of esters is 1. The number of Topliss-reactive ketones (excluding diaryl/α,β-unsaturated/α-hetero) is 1. The third kappa shape index (κ3) is 4.09. The molecule has 1 aromatic carbocycles. The van der Waals surface area contributed by atoms with Crippen molar-refractivity contribution in [2.24, 2.45) is 0 Å². The van der Waals surface area contributed by atoms with Gasteiger partial charge in [0.2, 0.25) is 0 Å². The number of carbonyl (C=O) groups excluding carboxylic acids is 2. The molecule has 1 rings (SSSR count). The number of benzene rings is 1. The zero-order valence-electron chi connectivity index (χ0n) is 11.9. The van der Waals surface area contributed by atoms with Crippen LogP contribution in [0.25, 0.3) is 0 Å². The maximum Gasteiger partial charge on any atom is 0.305 e. The van der Waals surface area contributed by atoms with Crippen LogP contribution in [0, 0.1) is 0 Å². The highest BCUT2D eigenvalue weighted by Crippen LogP contribution is 2.26. The minimum atomic E-state index is -0.383. The van der Waals surface area contributed by atoms with Crippen molar-refractivity contribution >= 4 is 11.8 Å². The SMILES string of the molecule is COC(=O)CCC(=O)c1ccc(C(C)C)cc1OC. The predicted octanol–water partition coefficient (Wildman–Crippen LogP) is 2.95. The van der Waals surface area contributed by atoms with Crippen molar-refractivity contribution in [1.82, 2.24) is 0 Å². The fourth-order valence-electron chi connectivity index (χ4n) is 1.75. The van der Waals surface area contributed by atoms with Crippen molar-refractivity contribution in [3.63, 3.8) is 0 Å². The fourth-order valence-corrected chi connectivity index (χ4v) is 1.75. The van der Waals surface area contributed by atoms with Crippen LogP contribution in [0.3, 0.4) is 0 Å². The van der Waals surface area contributed by atoms with E-state index >= 15 is 0 Å². The summed E-state index contributed by atoms with van der Waals surface area (Å²) < 4.78 is 9.77. The van der Waals surface area contributed by atoms with Crippen molar-refractivity contribution in [2.45, 2.75) is 32.6 Å². The topological polar surface area (TPSA) is 52.6 Å². The summed E-state index contributed by atoms with van der Waals surface area (Å²) in [6, 6.07) is 5.54. The van der Waals surface area contributed by atoms with E-state index in [0.717, 1.165) is 5.56 Å². The van der Waals surface area contributed by atoms with Crippen molar-refractivity contribution in [3.8, 4) is 5.75 Å². The van der Waals surface area contributed by atoms with Gasteiger partial charge in [0.05, 0.1) is 26.2 Å². The molecule has 0 N–H and O–H groups in total. The minimum absolute atomic E-state index is 0.0877. The number of hydrogen-bond donors (Lipinski definition) is 0. The van der Waals surface area contributed by atoms with E-state index in [2.05, 4.69) is 18.6 Å². The molecule has 4 nitrogen and oxygen atoms in total. The predicted molar refractivity (Wildman–Crippen MR) is 72.7 cm³/mol. The molecular formula is C15H20O4. The van der Waals surface area contributed by atoms with Crippen molar-refractivity contribution < 1.29 is 19.1 Å². The minimum Gasteiger partial charge on any atom is -0.496 e. The van der Waals surface area contributed by atoms with Crippen LogP contribution in [0.4, 0.5) is 0 Å². The molecule has 1 aromatic rings. The molecule has 0 aliphatic heterocycles. The number of rotatable bonds is 6. The summed E-state index contributed by atoms with van der Waals surface area (Å²) in [6.45, 7) is 4.15. The van der Waals surface area contributed by atoms with Crippen LogP contribution in [0.15, 0.2) is 18.2 Å². The summed E-state index contributed by atoms with van der Waals surface area (Å²) in [7, 11) is 2.85. The Labute approximate surface area is 113 Å². The van der Waals surface area contributed by atoms with Crippen molar-refractivity contribution in [3.05, 3.63) is 29.3 Å². The average molecular weight is 264 g/mol. The highest BCUT2D eigenvalue weighted by molar-refractivity contribution is 6.00. The van der Waals surface area contributed by atoms with Gasteiger partial charge in [0.1, 0.15) is 5.75 Å². The number of ether oxygens (including phenoxy) is 2. The highest BCUT2D eigenvalue weighted by Gasteiger charge is 2.15. The zero-order valence-corrected chi connectivity index (χ0v) is 11.9. The van der Waals surface area contributed by atoms with Crippen LogP contribution in [0.2, 0.25) is 0 Å². The van der Waals surface area contributed by atoms with Gasteiger partial charge in [-0.15, -0.1) is 0 Å².